The van der Waals surface area contributed by atoms with Crippen LogP contribution in [0, 0.1) is 11.8 Å². The average molecular weight is 355 g/mol. The molecule has 3 fully saturated rings. The van der Waals surface area contributed by atoms with Gasteiger partial charge in [-0.2, -0.15) is 10.2 Å². The molecule has 0 N–H and O–H groups in total. The van der Waals surface area contributed by atoms with Gasteiger partial charge < -0.3 is 14.1 Å². The van der Waals surface area contributed by atoms with Crippen LogP contribution >= 0.6 is 0 Å². The van der Waals surface area contributed by atoms with Crippen LogP contribution in [-0.2, 0) is 11.2 Å². The molecule has 136 valence electrons. The lowest BCUT2D eigenvalue weighted by Gasteiger charge is -2.35. The minimum Gasteiger partial charge on any atom is -0.425 e. The summed E-state index contributed by atoms with van der Waals surface area (Å²) in [6, 6.07) is 1.71. The van der Waals surface area contributed by atoms with Crippen molar-refractivity contribution in [3.63, 3.8) is 0 Å². The molecule has 0 bridgehead atoms. The molecule has 0 spiro atoms. The number of carbonyl (C=O) groups excluding carboxylic acids is 1. The highest BCUT2D eigenvalue weighted by molar-refractivity contribution is 5.93. The van der Waals surface area contributed by atoms with Gasteiger partial charge in [0.25, 0.3) is 5.91 Å². The fourth-order valence-electron chi connectivity index (χ4n) is 4.10. The summed E-state index contributed by atoms with van der Waals surface area (Å²) in [6.07, 6.45) is 7.09. The van der Waals surface area contributed by atoms with E-state index in [2.05, 4.69) is 20.4 Å². The molecule has 1 aliphatic carbocycles. The molecule has 2 aromatic rings. The number of hydrogen-bond acceptors (Lipinski definition) is 7. The molecule has 2 aliphatic heterocycles. The SMILES string of the molecule is O=C(c1ccnnc1)N1CC[C@@H]2[C@@H](CO[C@@H]2Cc2nnc(C3CC3)o2)C1. The van der Waals surface area contributed by atoms with Crippen molar-refractivity contribution in [1.29, 1.82) is 0 Å². The highest BCUT2D eigenvalue weighted by Gasteiger charge is 2.42. The molecular formula is C18H21N5O3. The lowest BCUT2D eigenvalue weighted by Crippen LogP contribution is -2.44. The van der Waals surface area contributed by atoms with E-state index in [0.29, 0.717) is 42.2 Å². The van der Waals surface area contributed by atoms with Gasteiger partial charge in [-0.05, 0) is 31.2 Å². The second-order valence-corrected chi connectivity index (χ2v) is 7.48. The number of hydrogen-bond donors (Lipinski definition) is 0. The number of rotatable bonds is 4. The van der Waals surface area contributed by atoms with Crippen LogP contribution in [0.15, 0.2) is 22.9 Å². The quantitative estimate of drug-likeness (QED) is 0.819. The first-order chi connectivity index (χ1) is 12.8. The minimum atomic E-state index is 0.0211. The maximum atomic E-state index is 12.6. The van der Waals surface area contributed by atoms with Crippen molar-refractivity contribution < 1.29 is 13.9 Å². The number of likely N-dealkylation sites (tertiary alicyclic amines) is 1. The minimum absolute atomic E-state index is 0.0211. The van der Waals surface area contributed by atoms with Gasteiger partial charge in [0.15, 0.2) is 0 Å². The van der Waals surface area contributed by atoms with E-state index in [1.54, 1.807) is 12.3 Å². The summed E-state index contributed by atoms with van der Waals surface area (Å²) in [5, 5.41) is 15.9. The maximum Gasteiger partial charge on any atom is 0.255 e. The normalized spacial score (nSPS) is 28.2. The first kappa shape index (κ1) is 15.9. The predicted octanol–water partition coefficient (Wildman–Crippen LogP) is 1.46. The Hall–Kier alpha value is -2.35. The third-order valence-corrected chi connectivity index (χ3v) is 5.70. The standard InChI is InChI=1S/C18H21N5O3/c24-18(12-3-5-19-20-8-12)23-6-4-14-13(9-23)10-25-15(14)7-16-21-22-17(26-16)11-1-2-11/h3,5,8,11,13-15H,1-2,4,6-7,9-10H2/t13-,14-,15-/m1/s1. The van der Waals surface area contributed by atoms with Crippen molar-refractivity contribution in [2.24, 2.45) is 11.8 Å². The molecule has 3 atom stereocenters. The van der Waals surface area contributed by atoms with Gasteiger partial charge in [-0.1, -0.05) is 0 Å². The molecule has 0 aromatic carbocycles. The van der Waals surface area contributed by atoms with Gasteiger partial charge in [0.1, 0.15) is 0 Å². The van der Waals surface area contributed by atoms with E-state index in [1.807, 2.05) is 4.90 Å². The molecule has 2 saturated heterocycles. The number of amides is 1. The lowest BCUT2D eigenvalue weighted by atomic mass is 9.83. The zero-order chi connectivity index (χ0) is 17.5. The molecule has 8 nitrogen and oxygen atoms in total. The van der Waals surface area contributed by atoms with Gasteiger partial charge >= 0.3 is 0 Å². The summed E-state index contributed by atoms with van der Waals surface area (Å²) in [6.45, 7) is 2.14. The Kier molecular flexibility index (Phi) is 3.92. The maximum absolute atomic E-state index is 12.6. The van der Waals surface area contributed by atoms with Crippen LogP contribution < -0.4 is 0 Å². The molecule has 4 heterocycles. The average Bonchev–Trinajstić information content (AvgIpc) is 3.31. The second kappa shape index (κ2) is 6.42. The van der Waals surface area contributed by atoms with Gasteiger partial charge in [0.05, 0.1) is 37.1 Å². The zero-order valence-corrected chi connectivity index (χ0v) is 14.5. The van der Waals surface area contributed by atoms with Crippen LogP contribution in [0.4, 0.5) is 0 Å². The Morgan fingerprint density at radius 3 is 2.96 bits per heavy atom. The van der Waals surface area contributed by atoms with Crippen LogP contribution in [0.1, 0.15) is 47.3 Å². The number of fused-ring (bicyclic) bond motifs is 1. The van der Waals surface area contributed by atoms with E-state index in [4.69, 9.17) is 9.15 Å². The highest BCUT2D eigenvalue weighted by atomic mass is 16.5. The van der Waals surface area contributed by atoms with Gasteiger partial charge in [0.2, 0.25) is 11.8 Å². The number of carbonyl (C=O) groups is 1. The summed E-state index contributed by atoms with van der Waals surface area (Å²) in [7, 11) is 0. The van der Waals surface area contributed by atoms with E-state index in [0.717, 1.165) is 38.2 Å². The molecule has 8 heteroatoms. The largest absolute Gasteiger partial charge is 0.425 e. The van der Waals surface area contributed by atoms with E-state index < -0.39 is 0 Å². The molecule has 5 rings (SSSR count). The van der Waals surface area contributed by atoms with Crippen LogP contribution in [-0.4, -0.2) is 57.0 Å². The lowest BCUT2D eigenvalue weighted by molar-refractivity contribution is 0.0603. The molecular weight excluding hydrogens is 334 g/mol. The molecule has 1 amide bonds. The van der Waals surface area contributed by atoms with E-state index in [1.165, 1.54) is 6.20 Å². The van der Waals surface area contributed by atoms with Gasteiger partial charge in [-0.25, -0.2) is 0 Å². The molecule has 26 heavy (non-hydrogen) atoms. The van der Waals surface area contributed by atoms with Crippen LogP contribution in [0.25, 0.3) is 0 Å². The number of piperidine rings is 1. The van der Waals surface area contributed by atoms with E-state index in [9.17, 15) is 4.79 Å². The summed E-state index contributed by atoms with van der Waals surface area (Å²) >= 11 is 0. The topological polar surface area (TPSA) is 94.2 Å². The number of nitrogens with zero attached hydrogens (tertiary/aromatic N) is 5. The van der Waals surface area contributed by atoms with E-state index in [-0.39, 0.29) is 12.0 Å². The fourth-order valence-corrected chi connectivity index (χ4v) is 4.10. The predicted molar refractivity (Wildman–Crippen MR) is 89.2 cm³/mol. The first-order valence-corrected chi connectivity index (χ1v) is 9.28. The Bertz CT molecular complexity index is 791. The highest BCUT2D eigenvalue weighted by Crippen LogP contribution is 2.40. The van der Waals surface area contributed by atoms with E-state index >= 15 is 0 Å². The third kappa shape index (κ3) is 2.98. The van der Waals surface area contributed by atoms with Crippen molar-refractivity contribution >= 4 is 5.91 Å². The van der Waals surface area contributed by atoms with Gasteiger partial charge in [-0.3, -0.25) is 4.79 Å². The molecule has 0 radical (unpaired) electrons. The van der Waals surface area contributed by atoms with Crippen LogP contribution in [0.3, 0.4) is 0 Å². The van der Waals surface area contributed by atoms with Crippen LogP contribution in [0.5, 0.6) is 0 Å². The Balaban J connectivity index is 1.22. The molecule has 0 unspecified atom stereocenters. The molecule has 3 aliphatic rings. The molecule has 2 aromatic heterocycles. The first-order valence-electron chi connectivity index (χ1n) is 9.28. The monoisotopic (exact) mass is 355 g/mol. The fraction of sp³-hybridized carbons (Fsp3) is 0.611. The summed E-state index contributed by atoms with van der Waals surface area (Å²) in [5.41, 5.74) is 0.590. The summed E-state index contributed by atoms with van der Waals surface area (Å²) in [5.74, 6) is 2.75. The van der Waals surface area contributed by atoms with Crippen molar-refractivity contribution in [2.75, 3.05) is 19.7 Å². The summed E-state index contributed by atoms with van der Waals surface area (Å²) < 4.78 is 11.8. The van der Waals surface area contributed by atoms with Crippen molar-refractivity contribution in [1.82, 2.24) is 25.3 Å². The van der Waals surface area contributed by atoms with Crippen molar-refractivity contribution in [2.45, 2.75) is 37.7 Å². The molecule has 1 saturated carbocycles. The number of ether oxygens (including phenoxy) is 1. The third-order valence-electron chi connectivity index (χ3n) is 5.70. The Morgan fingerprint density at radius 2 is 2.15 bits per heavy atom. The summed E-state index contributed by atoms with van der Waals surface area (Å²) in [4.78, 5) is 14.5. The van der Waals surface area contributed by atoms with Crippen molar-refractivity contribution in [3.05, 3.63) is 35.8 Å². The van der Waals surface area contributed by atoms with Gasteiger partial charge in [-0.15, -0.1) is 10.2 Å². The van der Waals surface area contributed by atoms with Crippen LogP contribution in [0.2, 0.25) is 0 Å². The Morgan fingerprint density at radius 1 is 1.23 bits per heavy atom. The van der Waals surface area contributed by atoms with Gasteiger partial charge in [0, 0.05) is 24.9 Å². The Labute approximate surface area is 150 Å². The second-order valence-electron chi connectivity index (χ2n) is 7.48. The van der Waals surface area contributed by atoms with Crippen molar-refractivity contribution in [3.8, 4) is 0 Å². The zero-order valence-electron chi connectivity index (χ0n) is 14.5. The number of aromatic nitrogens is 4. The smallest absolute Gasteiger partial charge is 0.255 e.